The monoisotopic (exact) mass is 453 g/mol. The molecule has 4 rings (SSSR count). The van der Waals surface area contributed by atoms with E-state index in [4.69, 9.17) is 9.97 Å². The van der Waals surface area contributed by atoms with Gasteiger partial charge in [0.25, 0.3) is 0 Å². The van der Waals surface area contributed by atoms with E-state index in [1.54, 1.807) is 12.1 Å². The highest BCUT2D eigenvalue weighted by molar-refractivity contribution is 5.83. The summed E-state index contributed by atoms with van der Waals surface area (Å²) >= 11 is 0. The first-order chi connectivity index (χ1) is 15.7. The summed E-state index contributed by atoms with van der Waals surface area (Å²) in [5.41, 5.74) is 1.03. The molecule has 0 spiro atoms. The van der Waals surface area contributed by atoms with Crippen LogP contribution in [0.4, 0.5) is 10.2 Å². The van der Waals surface area contributed by atoms with E-state index in [1.807, 2.05) is 31.0 Å². The Bertz CT molecular complexity index is 1000. The third kappa shape index (κ3) is 5.03. The molecule has 1 atom stereocenters. The number of hydrogen-bond acceptors (Lipinski definition) is 5. The van der Waals surface area contributed by atoms with E-state index in [2.05, 4.69) is 24.2 Å². The second-order valence-electron chi connectivity index (χ2n) is 10.2. The van der Waals surface area contributed by atoms with Crippen molar-refractivity contribution in [1.29, 1.82) is 0 Å². The van der Waals surface area contributed by atoms with Crippen molar-refractivity contribution in [3.8, 4) is 0 Å². The van der Waals surface area contributed by atoms with Gasteiger partial charge in [-0.15, -0.1) is 0 Å². The van der Waals surface area contributed by atoms with Crippen LogP contribution in [0.2, 0.25) is 0 Å². The minimum absolute atomic E-state index is 0.201. The molecule has 2 aromatic rings. The number of aryl methyl sites for hydroxylation is 1. The predicted molar refractivity (Wildman–Crippen MR) is 129 cm³/mol. The number of carbonyl (C=O) groups excluding carboxylic acids is 1. The van der Waals surface area contributed by atoms with Gasteiger partial charge in [0.15, 0.2) is 0 Å². The first-order valence-corrected chi connectivity index (χ1v) is 12.0. The number of nitrogens with zero attached hydrogens (tertiary/aromatic N) is 4. The van der Waals surface area contributed by atoms with Gasteiger partial charge in [-0.25, -0.2) is 14.4 Å². The molecule has 33 heavy (non-hydrogen) atoms. The van der Waals surface area contributed by atoms with E-state index in [9.17, 15) is 9.18 Å². The highest BCUT2D eigenvalue weighted by atomic mass is 19.1. The van der Waals surface area contributed by atoms with Gasteiger partial charge in [-0.1, -0.05) is 19.1 Å². The molecule has 7 heteroatoms. The van der Waals surface area contributed by atoms with Crippen LogP contribution in [0.1, 0.15) is 49.7 Å². The fourth-order valence-electron chi connectivity index (χ4n) is 5.45. The average Bonchev–Trinajstić information content (AvgIpc) is 2.80. The zero-order valence-electron chi connectivity index (χ0n) is 20.3. The molecule has 0 radical (unpaired) electrons. The Hall–Kier alpha value is -2.54. The van der Waals surface area contributed by atoms with Crippen LogP contribution in [0.3, 0.4) is 0 Å². The molecule has 0 saturated carbocycles. The van der Waals surface area contributed by atoms with Gasteiger partial charge in [0.1, 0.15) is 17.5 Å². The Kier molecular flexibility index (Phi) is 6.71. The molecule has 1 N–H and O–H groups in total. The van der Waals surface area contributed by atoms with Gasteiger partial charge in [0, 0.05) is 37.3 Å². The topological polar surface area (TPSA) is 61.4 Å². The minimum Gasteiger partial charge on any atom is -0.373 e. The molecule has 0 bridgehead atoms. The molecule has 2 aliphatic rings. The normalized spacial score (nSPS) is 23.4. The number of benzene rings is 1. The highest BCUT2D eigenvalue weighted by Gasteiger charge is 2.46. The lowest BCUT2D eigenvalue weighted by atomic mass is 9.71. The van der Waals surface area contributed by atoms with Crippen LogP contribution in [-0.4, -0.2) is 65.9 Å². The molecule has 3 heterocycles. The van der Waals surface area contributed by atoms with Crippen molar-refractivity contribution in [1.82, 2.24) is 19.8 Å². The third-order valence-corrected chi connectivity index (χ3v) is 7.46. The second-order valence-corrected chi connectivity index (χ2v) is 10.2. The van der Waals surface area contributed by atoms with Gasteiger partial charge < -0.3 is 15.1 Å². The van der Waals surface area contributed by atoms with Crippen molar-refractivity contribution in [3.63, 3.8) is 0 Å². The summed E-state index contributed by atoms with van der Waals surface area (Å²) < 4.78 is 13.9. The number of aromatic nitrogens is 2. The Morgan fingerprint density at radius 2 is 1.91 bits per heavy atom. The van der Waals surface area contributed by atoms with E-state index >= 15 is 0 Å². The number of hydrogen-bond donors (Lipinski definition) is 1. The van der Waals surface area contributed by atoms with Crippen LogP contribution in [0.5, 0.6) is 0 Å². The molecule has 1 unspecified atom stereocenters. The molecule has 1 aromatic heterocycles. The number of halogens is 1. The van der Waals surface area contributed by atoms with Gasteiger partial charge >= 0.3 is 0 Å². The maximum absolute atomic E-state index is 14.1. The summed E-state index contributed by atoms with van der Waals surface area (Å²) in [4.78, 5) is 28.0. The van der Waals surface area contributed by atoms with E-state index in [0.717, 1.165) is 68.2 Å². The first-order valence-electron chi connectivity index (χ1n) is 12.0. The van der Waals surface area contributed by atoms with Crippen molar-refractivity contribution in [3.05, 3.63) is 53.2 Å². The molecule has 2 fully saturated rings. The van der Waals surface area contributed by atoms with Crippen LogP contribution >= 0.6 is 0 Å². The lowest BCUT2D eigenvalue weighted by Crippen LogP contribution is -2.55. The average molecular weight is 454 g/mol. The fourth-order valence-corrected chi connectivity index (χ4v) is 5.45. The van der Waals surface area contributed by atoms with E-state index < -0.39 is 5.41 Å². The summed E-state index contributed by atoms with van der Waals surface area (Å²) in [6, 6.07) is 8.66. The Balaban J connectivity index is 1.61. The summed E-state index contributed by atoms with van der Waals surface area (Å²) in [5, 5.41) is 3.13. The molecule has 1 amide bonds. The van der Waals surface area contributed by atoms with E-state index in [0.29, 0.717) is 13.0 Å². The predicted octanol–water partition coefficient (Wildman–Crippen LogP) is 3.80. The minimum atomic E-state index is -0.498. The Morgan fingerprint density at radius 3 is 2.61 bits per heavy atom. The fraction of sp³-hybridized carbons (Fsp3) is 0.577. The van der Waals surface area contributed by atoms with Gasteiger partial charge in [0.05, 0.1) is 5.41 Å². The zero-order chi connectivity index (χ0) is 23.6. The van der Waals surface area contributed by atoms with Crippen LogP contribution in [-0.2, 0) is 16.6 Å². The quantitative estimate of drug-likeness (QED) is 0.746. The van der Waals surface area contributed by atoms with Crippen molar-refractivity contribution in [2.45, 2.75) is 51.4 Å². The van der Waals surface area contributed by atoms with Crippen molar-refractivity contribution in [2.75, 3.05) is 45.6 Å². The van der Waals surface area contributed by atoms with Crippen molar-refractivity contribution in [2.24, 2.45) is 5.41 Å². The first kappa shape index (κ1) is 23.6. The number of likely N-dealkylation sites (tertiary alicyclic amines) is 2. The third-order valence-electron chi connectivity index (χ3n) is 7.46. The SMILES string of the molecule is CNc1cc(C)nc(C2(C)CCCN(C(=O)C3(Cc4cccc(F)c4)CCN(C)CC3)C2)n1. The standard InChI is InChI=1S/C26H36FN5O/c1-19-15-22(28-3)30-23(29-19)25(2)9-6-12-32(18-25)24(33)26(10-13-31(4)14-11-26)17-20-7-5-8-21(27)16-20/h5,7-8,15-16H,6,9-14,17-18H2,1-4H3,(H,28,29,30). The Labute approximate surface area is 196 Å². The van der Waals surface area contributed by atoms with Gasteiger partial charge in [-0.2, -0.15) is 0 Å². The largest absolute Gasteiger partial charge is 0.373 e. The molecular formula is C26H36FN5O. The van der Waals surface area contributed by atoms with Crippen molar-refractivity contribution < 1.29 is 9.18 Å². The van der Waals surface area contributed by atoms with Gasteiger partial charge in [-0.3, -0.25) is 4.79 Å². The van der Waals surface area contributed by atoms with Crippen LogP contribution < -0.4 is 5.32 Å². The van der Waals surface area contributed by atoms with Crippen LogP contribution in [0, 0.1) is 18.2 Å². The van der Waals surface area contributed by atoms with Crippen molar-refractivity contribution >= 4 is 11.7 Å². The molecule has 1 aromatic carbocycles. The number of amides is 1. The maximum atomic E-state index is 14.1. The number of nitrogens with one attached hydrogen (secondary N) is 1. The lowest BCUT2D eigenvalue weighted by molar-refractivity contribution is -0.147. The summed E-state index contributed by atoms with van der Waals surface area (Å²) in [5.74, 6) is 1.56. The Morgan fingerprint density at radius 1 is 1.15 bits per heavy atom. The second kappa shape index (κ2) is 9.37. The molecule has 178 valence electrons. The van der Waals surface area contributed by atoms with E-state index in [-0.39, 0.29) is 17.1 Å². The maximum Gasteiger partial charge on any atom is 0.229 e. The number of piperidine rings is 2. The number of carbonyl (C=O) groups is 1. The van der Waals surface area contributed by atoms with E-state index in [1.165, 1.54) is 6.07 Å². The van der Waals surface area contributed by atoms with Gasteiger partial charge in [0.2, 0.25) is 5.91 Å². The zero-order valence-corrected chi connectivity index (χ0v) is 20.3. The highest BCUT2D eigenvalue weighted by Crippen LogP contribution is 2.40. The van der Waals surface area contributed by atoms with Crippen LogP contribution in [0.15, 0.2) is 30.3 Å². The van der Waals surface area contributed by atoms with Gasteiger partial charge in [-0.05, 0) is 76.9 Å². The van der Waals surface area contributed by atoms with Crippen LogP contribution in [0.25, 0.3) is 0 Å². The molecule has 2 aliphatic heterocycles. The molecule has 2 saturated heterocycles. The summed E-state index contributed by atoms with van der Waals surface area (Å²) in [6.45, 7) is 7.26. The number of rotatable bonds is 5. The summed E-state index contributed by atoms with van der Waals surface area (Å²) in [7, 11) is 3.96. The number of anilines is 1. The molecular weight excluding hydrogens is 417 g/mol. The summed E-state index contributed by atoms with van der Waals surface area (Å²) in [6.07, 6.45) is 4.02. The lowest BCUT2D eigenvalue weighted by Gasteiger charge is -2.46. The molecule has 0 aliphatic carbocycles. The molecule has 6 nitrogen and oxygen atoms in total. The smallest absolute Gasteiger partial charge is 0.229 e.